The van der Waals surface area contributed by atoms with Crippen LogP contribution in [-0.2, 0) is 0 Å². The molecule has 11 heteroatoms. The van der Waals surface area contributed by atoms with Gasteiger partial charge in [-0.15, -0.1) is 12.4 Å². The lowest BCUT2D eigenvalue weighted by Crippen LogP contribution is -2.16. The summed E-state index contributed by atoms with van der Waals surface area (Å²) in [5.41, 5.74) is 3.22. The van der Waals surface area contributed by atoms with Gasteiger partial charge in [0.25, 0.3) is 11.8 Å². The molecule has 0 bridgehead atoms. The first kappa shape index (κ1) is 26.6. The van der Waals surface area contributed by atoms with Crippen molar-refractivity contribution in [3.05, 3.63) is 80.3 Å². The maximum absolute atomic E-state index is 13.3. The Morgan fingerprint density at radius 1 is 0.914 bits per heavy atom. The van der Waals surface area contributed by atoms with Crippen LogP contribution in [0.4, 0.5) is 17.3 Å². The summed E-state index contributed by atoms with van der Waals surface area (Å²) in [6.07, 6.45) is 0. The van der Waals surface area contributed by atoms with E-state index in [4.69, 9.17) is 34.8 Å². The lowest BCUT2D eigenvalue weighted by atomic mass is 10.1. The van der Waals surface area contributed by atoms with E-state index < -0.39 is 11.8 Å². The van der Waals surface area contributed by atoms with Crippen LogP contribution >= 0.6 is 47.2 Å². The Kier molecular flexibility index (Phi) is 8.18. The summed E-state index contributed by atoms with van der Waals surface area (Å²) in [4.78, 5) is 35.7. The summed E-state index contributed by atoms with van der Waals surface area (Å²) in [7, 11) is 3.66. The van der Waals surface area contributed by atoms with Gasteiger partial charge in [-0.25, -0.2) is 4.98 Å². The van der Waals surface area contributed by atoms with Crippen molar-refractivity contribution >= 4 is 87.4 Å². The maximum Gasteiger partial charge on any atom is 0.258 e. The van der Waals surface area contributed by atoms with E-state index in [2.05, 4.69) is 20.6 Å². The fourth-order valence-electron chi connectivity index (χ4n) is 3.36. The molecule has 0 saturated carbocycles. The molecule has 3 aromatic carbocycles. The molecule has 0 aliphatic carbocycles. The number of carbonyl (C=O) groups is 2. The first-order chi connectivity index (χ1) is 16.1. The fraction of sp³-hybridized carbons (Fsp3) is 0.125. The Morgan fingerprint density at radius 2 is 1.63 bits per heavy atom. The molecule has 4 rings (SSSR count). The van der Waals surface area contributed by atoms with E-state index in [0.717, 1.165) is 5.56 Å². The molecule has 2 amide bonds. The van der Waals surface area contributed by atoms with Crippen molar-refractivity contribution < 1.29 is 9.59 Å². The van der Waals surface area contributed by atoms with Crippen molar-refractivity contribution in [3.63, 3.8) is 0 Å². The average Bonchev–Trinajstić information content (AvgIpc) is 3.22. The van der Waals surface area contributed by atoms with Crippen molar-refractivity contribution in [2.24, 2.45) is 0 Å². The van der Waals surface area contributed by atoms with Gasteiger partial charge in [0.15, 0.2) is 0 Å². The maximum atomic E-state index is 13.3. The lowest BCUT2D eigenvalue weighted by Gasteiger charge is -2.12. The number of nitrogens with one attached hydrogen (secondary N) is 3. The molecule has 0 unspecified atom stereocenters. The van der Waals surface area contributed by atoms with Gasteiger partial charge in [0, 0.05) is 35.5 Å². The Hall–Kier alpha value is -2.97. The van der Waals surface area contributed by atoms with Crippen LogP contribution in [0.25, 0.3) is 11.0 Å². The molecule has 7 nitrogen and oxygen atoms in total. The highest BCUT2D eigenvalue weighted by atomic mass is 35.5. The average molecular weight is 553 g/mol. The molecule has 1 aromatic heterocycles. The highest BCUT2D eigenvalue weighted by molar-refractivity contribution is 6.36. The second kappa shape index (κ2) is 10.7. The number of hydrogen-bond donors (Lipinski definition) is 3. The SMILES string of the molecule is Cc1c(Cl)cccc1NC(=O)c1cc(NC(=O)c2cc(Cl)ccc2Cl)cc2[nH]c(N(C)C)nc12.Cl. The van der Waals surface area contributed by atoms with Crippen LogP contribution in [0.15, 0.2) is 48.5 Å². The third-order valence-corrected chi connectivity index (χ3v) is 6.16. The van der Waals surface area contributed by atoms with Crippen LogP contribution in [-0.4, -0.2) is 35.9 Å². The van der Waals surface area contributed by atoms with E-state index in [1.165, 1.54) is 6.07 Å². The Labute approximate surface area is 223 Å². The Balaban J connectivity index is 0.00000342. The Bertz CT molecular complexity index is 1440. The van der Waals surface area contributed by atoms with Gasteiger partial charge in [0.2, 0.25) is 5.95 Å². The number of hydrogen-bond acceptors (Lipinski definition) is 4. The minimum Gasteiger partial charge on any atom is -0.349 e. The summed E-state index contributed by atoms with van der Waals surface area (Å²) in [5.74, 6) is -0.301. The highest BCUT2D eigenvalue weighted by Gasteiger charge is 2.19. The van der Waals surface area contributed by atoms with Crippen molar-refractivity contribution in [3.8, 4) is 0 Å². The number of amides is 2. The largest absolute Gasteiger partial charge is 0.349 e. The predicted molar refractivity (Wildman–Crippen MR) is 146 cm³/mol. The summed E-state index contributed by atoms with van der Waals surface area (Å²) in [6.45, 7) is 1.82. The van der Waals surface area contributed by atoms with Gasteiger partial charge in [-0.05, 0) is 55.0 Å². The molecular formula is C24H21Cl4N5O2. The number of benzene rings is 3. The highest BCUT2D eigenvalue weighted by Crippen LogP contribution is 2.29. The summed E-state index contributed by atoms with van der Waals surface area (Å²) in [6, 6.07) is 13.2. The van der Waals surface area contributed by atoms with Crippen molar-refractivity contribution in [2.45, 2.75) is 6.92 Å². The number of aromatic amines is 1. The number of imidazole rings is 1. The zero-order chi connectivity index (χ0) is 24.6. The first-order valence-corrected chi connectivity index (χ1v) is 11.3. The second-order valence-electron chi connectivity index (χ2n) is 7.82. The zero-order valence-electron chi connectivity index (χ0n) is 18.9. The third-order valence-electron chi connectivity index (χ3n) is 5.19. The van der Waals surface area contributed by atoms with Crippen molar-refractivity contribution in [2.75, 3.05) is 29.6 Å². The van der Waals surface area contributed by atoms with Gasteiger partial charge in [0.1, 0.15) is 5.52 Å². The fourth-order valence-corrected chi connectivity index (χ4v) is 3.91. The van der Waals surface area contributed by atoms with Gasteiger partial charge in [0.05, 0.1) is 21.7 Å². The van der Waals surface area contributed by atoms with Crippen molar-refractivity contribution in [1.82, 2.24) is 9.97 Å². The molecule has 0 saturated heterocycles. The molecule has 0 radical (unpaired) electrons. The number of rotatable bonds is 5. The van der Waals surface area contributed by atoms with Gasteiger partial charge < -0.3 is 20.5 Å². The molecule has 0 atom stereocenters. The minimum atomic E-state index is -0.462. The van der Waals surface area contributed by atoms with Crippen LogP contribution in [0.1, 0.15) is 26.3 Å². The minimum absolute atomic E-state index is 0. The topological polar surface area (TPSA) is 90.1 Å². The molecule has 182 valence electrons. The molecule has 1 heterocycles. The van der Waals surface area contributed by atoms with Crippen LogP contribution in [0.5, 0.6) is 0 Å². The van der Waals surface area contributed by atoms with Gasteiger partial charge in [-0.2, -0.15) is 0 Å². The lowest BCUT2D eigenvalue weighted by molar-refractivity contribution is 0.101. The molecule has 0 fully saturated rings. The summed E-state index contributed by atoms with van der Waals surface area (Å²) < 4.78 is 0. The van der Waals surface area contributed by atoms with E-state index >= 15 is 0 Å². The molecule has 0 spiro atoms. The number of fused-ring (bicyclic) bond motifs is 1. The molecular weight excluding hydrogens is 532 g/mol. The van der Waals surface area contributed by atoms with Crippen molar-refractivity contribution in [1.29, 1.82) is 0 Å². The Morgan fingerprint density at radius 3 is 2.34 bits per heavy atom. The van der Waals surface area contributed by atoms with Gasteiger partial charge >= 0.3 is 0 Å². The first-order valence-electron chi connectivity index (χ1n) is 10.2. The van der Waals surface area contributed by atoms with Gasteiger partial charge in [-0.1, -0.05) is 40.9 Å². The van der Waals surface area contributed by atoms with Crippen LogP contribution in [0.3, 0.4) is 0 Å². The van der Waals surface area contributed by atoms with Crippen LogP contribution in [0.2, 0.25) is 15.1 Å². The third kappa shape index (κ3) is 5.65. The smallest absolute Gasteiger partial charge is 0.258 e. The number of halogens is 4. The standard InChI is InChI=1S/C24H20Cl3N5O2.ClH/c1-12-17(26)5-4-6-19(12)29-23(34)16-10-14(11-20-21(16)31-24(30-20)32(2)3)28-22(33)15-9-13(25)7-8-18(15)27;/h4-11H,1-3H3,(H,28,33)(H,29,34)(H,30,31);1H. The monoisotopic (exact) mass is 551 g/mol. The number of carbonyl (C=O) groups excluding carboxylic acids is 2. The normalized spacial score (nSPS) is 10.6. The molecule has 0 aliphatic rings. The second-order valence-corrected chi connectivity index (χ2v) is 9.07. The predicted octanol–water partition coefficient (Wildman–Crippen LogP) is 6.82. The van der Waals surface area contributed by atoms with E-state index in [1.54, 1.807) is 47.4 Å². The molecule has 3 N–H and O–H groups in total. The zero-order valence-corrected chi connectivity index (χ0v) is 22.0. The van der Waals surface area contributed by atoms with E-state index in [0.29, 0.717) is 38.4 Å². The van der Waals surface area contributed by atoms with Gasteiger partial charge in [-0.3, -0.25) is 9.59 Å². The number of aromatic nitrogens is 2. The number of anilines is 3. The van der Waals surface area contributed by atoms with E-state index in [9.17, 15) is 9.59 Å². The molecule has 0 aliphatic heterocycles. The number of H-pyrrole nitrogens is 1. The van der Waals surface area contributed by atoms with E-state index in [-0.39, 0.29) is 28.6 Å². The summed E-state index contributed by atoms with van der Waals surface area (Å²) in [5, 5.41) is 6.85. The van der Waals surface area contributed by atoms with Crippen LogP contribution in [0, 0.1) is 6.92 Å². The molecule has 4 aromatic rings. The van der Waals surface area contributed by atoms with Crippen LogP contribution < -0.4 is 15.5 Å². The quantitative estimate of drug-likeness (QED) is 0.253. The summed E-state index contributed by atoms with van der Waals surface area (Å²) >= 11 is 18.4. The molecule has 35 heavy (non-hydrogen) atoms. The van der Waals surface area contributed by atoms with E-state index in [1.807, 2.05) is 21.0 Å². The number of nitrogens with zero attached hydrogens (tertiary/aromatic N) is 2.